The molecule has 0 aromatic heterocycles. The number of benzene rings is 1. The Kier molecular flexibility index (Phi) is 2.41. The fourth-order valence-electron chi connectivity index (χ4n) is 2.32. The van der Waals surface area contributed by atoms with Crippen LogP contribution in [0.4, 0.5) is 0 Å². The quantitative estimate of drug-likeness (QED) is 0.803. The van der Waals surface area contributed by atoms with E-state index in [0.717, 1.165) is 17.5 Å². The molecular formula is C13H16O3. The van der Waals surface area contributed by atoms with Crippen molar-refractivity contribution in [2.45, 2.75) is 26.7 Å². The maximum atomic E-state index is 11.2. The average Bonchev–Trinajstić information content (AvgIpc) is 2.63. The van der Waals surface area contributed by atoms with Crippen molar-refractivity contribution in [3.63, 3.8) is 0 Å². The Morgan fingerprint density at radius 2 is 2.06 bits per heavy atom. The van der Waals surface area contributed by atoms with Crippen molar-refractivity contribution < 1.29 is 15.0 Å². The summed E-state index contributed by atoms with van der Waals surface area (Å²) in [5, 5.41) is 18.9. The van der Waals surface area contributed by atoms with Gasteiger partial charge in [-0.3, -0.25) is 4.79 Å². The second kappa shape index (κ2) is 3.51. The molecule has 0 saturated heterocycles. The second-order valence-corrected chi connectivity index (χ2v) is 5.05. The maximum absolute atomic E-state index is 11.2. The number of carboxylic acid groups (broad SMARTS) is 1. The number of phenols is 1. The number of phenolic OH excluding ortho intramolecular Hbond substituents is 1. The van der Waals surface area contributed by atoms with Gasteiger partial charge in [0, 0.05) is 0 Å². The number of aliphatic carboxylic acids is 1. The Morgan fingerprint density at radius 3 is 2.62 bits per heavy atom. The third kappa shape index (κ3) is 1.56. The van der Waals surface area contributed by atoms with Crippen LogP contribution in [0.5, 0.6) is 5.75 Å². The van der Waals surface area contributed by atoms with Crippen LogP contribution in [0, 0.1) is 11.3 Å². The van der Waals surface area contributed by atoms with Crippen molar-refractivity contribution >= 4 is 5.97 Å². The van der Waals surface area contributed by atoms with Gasteiger partial charge in [-0.1, -0.05) is 12.1 Å². The summed E-state index contributed by atoms with van der Waals surface area (Å²) in [5.41, 5.74) is 1.26. The zero-order valence-electron chi connectivity index (χ0n) is 9.53. The summed E-state index contributed by atoms with van der Waals surface area (Å²) < 4.78 is 0. The molecule has 1 aromatic carbocycles. The summed E-state index contributed by atoms with van der Waals surface area (Å²) in [5.74, 6) is -0.417. The standard InChI is InChI=1S/C13H16O3/c1-13(2,12(15)16)9-6-8-4-3-5-11(14)10(8)7-9/h3-5,9,14H,6-7H2,1-2H3,(H,15,16). The van der Waals surface area contributed by atoms with Gasteiger partial charge < -0.3 is 10.2 Å². The first-order valence-electron chi connectivity index (χ1n) is 5.46. The van der Waals surface area contributed by atoms with Gasteiger partial charge in [0.1, 0.15) is 5.75 Å². The van der Waals surface area contributed by atoms with Gasteiger partial charge in [-0.25, -0.2) is 0 Å². The van der Waals surface area contributed by atoms with Crippen molar-refractivity contribution in [2.75, 3.05) is 0 Å². The summed E-state index contributed by atoms with van der Waals surface area (Å²) in [6.07, 6.45) is 1.39. The van der Waals surface area contributed by atoms with E-state index < -0.39 is 11.4 Å². The van der Waals surface area contributed by atoms with Gasteiger partial charge in [-0.05, 0) is 49.8 Å². The third-order valence-corrected chi connectivity index (χ3v) is 3.74. The van der Waals surface area contributed by atoms with Crippen LogP contribution < -0.4 is 0 Å². The van der Waals surface area contributed by atoms with Crippen LogP contribution in [0.15, 0.2) is 18.2 Å². The minimum absolute atomic E-state index is 0.0632. The van der Waals surface area contributed by atoms with Crippen molar-refractivity contribution in [1.29, 1.82) is 0 Å². The van der Waals surface area contributed by atoms with Crippen LogP contribution in [-0.2, 0) is 17.6 Å². The van der Waals surface area contributed by atoms with Crippen molar-refractivity contribution in [1.82, 2.24) is 0 Å². The zero-order chi connectivity index (χ0) is 11.9. The normalized spacial score (nSPS) is 19.5. The van der Waals surface area contributed by atoms with E-state index in [1.54, 1.807) is 19.9 Å². The minimum atomic E-state index is -0.773. The largest absolute Gasteiger partial charge is 0.508 e. The molecule has 3 heteroatoms. The monoisotopic (exact) mass is 220 g/mol. The molecule has 0 bridgehead atoms. The van der Waals surface area contributed by atoms with E-state index in [4.69, 9.17) is 0 Å². The molecule has 0 amide bonds. The minimum Gasteiger partial charge on any atom is -0.508 e. The molecule has 1 aliphatic carbocycles. The summed E-state index contributed by atoms with van der Waals surface area (Å²) in [7, 11) is 0. The van der Waals surface area contributed by atoms with Crippen LogP contribution in [0.25, 0.3) is 0 Å². The van der Waals surface area contributed by atoms with Crippen molar-refractivity contribution in [2.24, 2.45) is 11.3 Å². The van der Waals surface area contributed by atoms with E-state index in [-0.39, 0.29) is 5.92 Å². The van der Waals surface area contributed by atoms with Crippen LogP contribution >= 0.6 is 0 Å². The molecule has 16 heavy (non-hydrogen) atoms. The summed E-state index contributed by atoms with van der Waals surface area (Å²) in [4.78, 5) is 11.2. The Bertz CT molecular complexity index is 435. The number of aromatic hydroxyl groups is 1. The molecule has 0 saturated carbocycles. The smallest absolute Gasteiger partial charge is 0.309 e. The lowest BCUT2D eigenvalue weighted by Gasteiger charge is -2.26. The van der Waals surface area contributed by atoms with Gasteiger partial charge >= 0.3 is 5.97 Å². The van der Waals surface area contributed by atoms with E-state index in [1.165, 1.54) is 0 Å². The highest BCUT2D eigenvalue weighted by Gasteiger charge is 2.40. The van der Waals surface area contributed by atoms with Gasteiger partial charge in [0.15, 0.2) is 0 Å². The van der Waals surface area contributed by atoms with Gasteiger partial charge in [-0.15, -0.1) is 0 Å². The molecule has 0 aliphatic heterocycles. The molecule has 1 aromatic rings. The molecule has 3 nitrogen and oxygen atoms in total. The summed E-state index contributed by atoms with van der Waals surface area (Å²) >= 11 is 0. The molecule has 1 aliphatic rings. The maximum Gasteiger partial charge on any atom is 0.309 e. The summed E-state index contributed by atoms with van der Waals surface area (Å²) in [6, 6.07) is 5.44. The van der Waals surface area contributed by atoms with E-state index >= 15 is 0 Å². The number of hydrogen-bond donors (Lipinski definition) is 2. The molecular weight excluding hydrogens is 204 g/mol. The lowest BCUT2D eigenvalue weighted by Crippen LogP contribution is -2.33. The topological polar surface area (TPSA) is 57.5 Å². The highest BCUT2D eigenvalue weighted by Crippen LogP contribution is 2.41. The molecule has 0 spiro atoms. The lowest BCUT2D eigenvalue weighted by atomic mass is 9.77. The molecule has 2 N–H and O–H groups in total. The Labute approximate surface area is 94.7 Å². The molecule has 0 fully saturated rings. The number of carbonyl (C=O) groups is 1. The number of carboxylic acids is 1. The van der Waals surface area contributed by atoms with E-state index in [1.807, 2.05) is 12.1 Å². The summed E-state index contributed by atoms with van der Waals surface area (Å²) in [6.45, 7) is 3.51. The molecule has 2 rings (SSSR count). The Morgan fingerprint density at radius 1 is 1.38 bits per heavy atom. The van der Waals surface area contributed by atoms with E-state index in [9.17, 15) is 15.0 Å². The zero-order valence-corrected chi connectivity index (χ0v) is 9.53. The predicted octanol–water partition coefficient (Wildman–Crippen LogP) is 2.22. The molecule has 1 unspecified atom stereocenters. The highest BCUT2D eigenvalue weighted by atomic mass is 16.4. The average molecular weight is 220 g/mol. The van der Waals surface area contributed by atoms with E-state index in [0.29, 0.717) is 12.2 Å². The first kappa shape index (κ1) is 11.0. The van der Waals surface area contributed by atoms with Crippen molar-refractivity contribution in [3.05, 3.63) is 29.3 Å². The van der Waals surface area contributed by atoms with Gasteiger partial charge in [-0.2, -0.15) is 0 Å². The fourth-order valence-corrected chi connectivity index (χ4v) is 2.32. The van der Waals surface area contributed by atoms with Crippen LogP contribution in [0.2, 0.25) is 0 Å². The van der Waals surface area contributed by atoms with Crippen LogP contribution in [0.3, 0.4) is 0 Å². The van der Waals surface area contributed by atoms with Gasteiger partial charge in [0.25, 0.3) is 0 Å². The van der Waals surface area contributed by atoms with Crippen LogP contribution in [-0.4, -0.2) is 16.2 Å². The highest BCUT2D eigenvalue weighted by molar-refractivity contribution is 5.74. The molecule has 0 heterocycles. The first-order chi connectivity index (χ1) is 7.43. The second-order valence-electron chi connectivity index (χ2n) is 5.05. The Balaban J connectivity index is 2.30. The van der Waals surface area contributed by atoms with Crippen molar-refractivity contribution in [3.8, 4) is 5.75 Å². The first-order valence-corrected chi connectivity index (χ1v) is 5.46. The van der Waals surface area contributed by atoms with Crippen LogP contribution in [0.1, 0.15) is 25.0 Å². The lowest BCUT2D eigenvalue weighted by molar-refractivity contribution is -0.149. The van der Waals surface area contributed by atoms with Gasteiger partial charge in [0.2, 0.25) is 0 Å². The number of rotatable bonds is 2. The SMILES string of the molecule is CC(C)(C(=O)O)C1Cc2cccc(O)c2C1. The molecule has 1 atom stereocenters. The third-order valence-electron chi connectivity index (χ3n) is 3.74. The number of hydrogen-bond acceptors (Lipinski definition) is 2. The Hall–Kier alpha value is -1.51. The van der Waals surface area contributed by atoms with E-state index in [2.05, 4.69) is 0 Å². The van der Waals surface area contributed by atoms with Gasteiger partial charge in [0.05, 0.1) is 5.41 Å². The number of fused-ring (bicyclic) bond motifs is 1. The fraction of sp³-hybridized carbons (Fsp3) is 0.462. The predicted molar refractivity (Wildman–Crippen MR) is 60.4 cm³/mol. The molecule has 0 radical (unpaired) electrons. The molecule has 86 valence electrons.